The second-order valence-electron chi connectivity index (χ2n) is 5.87. The Kier molecular flexibility index (Phi) is 5.69. The van der Waals surface area contributed by atoms with Crippen LogP contribution in [0.1, 0.15) is 19.8 Å². The van der Waals surface area contributed by atoms with Crippen LogP contribution in [0.15, 0.2) is 63.8 Å². The second kappa shape index (κ2) is 8.34. The molecule has 0 spiro atoms. The number of ether oxygens (including phenoxy) is 2. The van der Waals surface area contributed by atoms with E-state index >= 15 is 0 Å². The average molecular weight is 352 g/mol. The first-order valence-electron chi connectivity index (χ1n) is 8.59. The highest BCUT2D eigenvalue weighted by Gasteiger charge is 2.10. The number of hydrogen-bond acceptors (Lipinski definition) is 5. The van der Waals surface area contributed by atoms with Crippen molar-refractivity contribution < 1.29 is 18.7 Å². The number of rotatable bonds is 7. The van der Waals surface area contributed by atoms with Gasteiger partial charge in [0.05, 0.1) is 6.61 Å². The fraction of sp³-hybridized carbons (Fsp3) is 0.238. The number of unbranched alkanes of at least 4 members (excludes halogenated alkanes) is 1. The van der Waals surface area contributed by atoms with Crippen molar-refractivity contribution in [1.82, 2.24) is 0 Å². The van der Waals surface area contributed by atoms with Gasteiger partial charge < -0.3 is 13.9 Å². The van der Waals surface area contributed by atoms with E-state index < -0.39 is 11.6 Å². The lowest BCUT2D eigenvalue weighted by Crippen LogP contribution is -2.15. The van der Waals surface area contributed by atoms with Crippen molar-refractivity contribution in [1.29, 1.82) is 0 Å². The van der Waals surface area contributed by atoms with Crippen LogP contribution in [0.2, 0.25) is 0 Å². The zero-order chi connectivity index (χ0) is 18.4. The summed E-state index contributed by atoms with van der Waals surface area (Å²) in [5.74, 6) is 0.0244. The van der Waals surface area contributed by atoms with E-state index in [1.165, 1.54) is 6.07 Å². The summed E-state index contributed by atoms with van der Waals surface area (Å²) in [6.07, 6.45) is 1.79. The van der Waals surface area contributed by atoms with Gasteiger partial charge in [0.1, 0.15) is 11.3 Å². The van der Waals surface area contributed by atoms with Crippen molar-refractivity contribution in [2.45, 2.75) is 19.8 Å². The number of hydrogen-bond donors (Lipinski definition) is 0. The van der Waals surface area contributed by atoms with Crippen LogP contribution in [0, 0.1) is 0 Å². The molecule has 0 saturated heterocycles. The Morgan fingerprint density at radius 1 is 1.08 bits per heavy atom. The molecule has 0 unspecified atom stereocenters. The molecule has 0 saturated carbocycles. The summed E-state index contributed by atoms with van der Waals surface area (Å²) in [5.41, 5.74) is 1.70. The smallest absolute Gasteiger partial charge is 0.344 e. The van der Waals surface area contributed by atoms with Crippen LogP contribution in [-0.4, -0.2) is 19.2 Å². The molecule has 0 bridgehead atoms. The van der Waals surface area contributed by atoms with Gasteiger partial charge in [-0.1, -0.05) is 43.7 Å². The van der Waals surface area contributed by atoms with Crippen molar-refractivity contribution in [3.05, 3.63) is 65.0 Å². The second-order valence-corrected chi connectivity index (χ2v) is 5.87. The molecule has 0 aliphatic rings. The third-order valence-electron chi connectivity index (χ3n) is 3.92. The molecule has 26 heavy (non-hydrogen) atoms. The van der Waals surface area contributed by atoms with Gasteiger partial charge in [0.2, 0.25) is 0 Å². The van der Waals surface area contributed by atoms with Gasteiger partial charge in [-0.3, -0.25) is 0 Å². The highest BCUT2D eigenvalue weighted by atomic mass is 16.6. The van der Waals surface area contributed by atoms with Crippen LogP contribution in [0.25, 0.3) is 22.1 Å². The monoisotopic (exact) mass is 352 g/mol. The molecule has 1 heterocycles. The minimum absolute atomic E-state index is 0.183. The Bertz CT molecular complexity index is 944. The van der Waals surface area contributed by atoms with Crippen molar-refractivity contribution in [3.63, 3.8) is 0 Å². The van der Waals surface area contributed by atoms with Gasteiger partial charge in [0.25, 0.3) is 0 Å². The Hall–Kier alpha value is -3.08. The fourth-order valence-electron chi connectivity index (χ4n) is 2.60. The molecule has 0 N–H and O–H groups in total. The summed E-state index contributed by atoms with van der Waals surface area (Å²) >= 11 is 0. The first kappa shape index (κ1) is 17.7. The van der Waals surface area contributed by atoms with E-state index in [0.717, 1.165) is 29.4 Å². The third kappa shape index (κ3) is 4.30. The average Bonchev–Trinajstić information content (AvgIpc) is 2.66. The zero-order valence-corrected chi connectivity index (χ0v) is 14.6. The molecule has 0 aliphatic carbocycles. The molecule has 3 rings (SSSR count). The van der Waals surface area contributed by atoms with Gasteiger partial charge in [-0.2, -0.15) is 0 Å². The van der Waals surface area contributed by atoms with E-state index in [9.17, 15) is 9.59 Å². The van der Waals surface area contributed by atoms with Gasteiger partial charge in [0, 0.05) is 17.5 Å². The lowest BCUT2D eigenvalue weighted by Gasteiger charge is -2.09. The van der Waals surface area contributed by atoms with Gasteiger partial charge in [0.15, 0.2) is 6.61 Å². The van der Waals surface area contributed by atoms with E-state index in [-0.39, 0.29) is 6.61 Å². The number of esters is 1. The van der Waals surface area contributed by atoms with Crippen LogP contribution in [-0.2, 0) is 9.53 Å². The molecule has 0 amide bonds. The molecule has 3 aromatic rings. The minimum Gasteiger partial charge on any atom is -0.482 e. The Morgan fingerprint density at radius 2 is 1.88 bits per heavy atom. The van der Waals surface area contributed by atoms with Gasteiger partial charge >= 0.3 is 11.6 Å². The number of fused-ring (bicyclic) bond motifs is 1. The van der Waals surface area contributed by atoms with E-state index in [2.05, 4.69) is 0 Å². The van der Waals surface area contributed by atoms with E-state index in [1.54, 1.807) is 12.1 Å². The van der Waals surface area contributed by atoms with Crippen LogP contribution in [0.3, 0.4) is 0 Å². The van der Waals surface area contributed by atoms with Crippen LogP contribution >= 0.6 is 0 Å². The first-order valence-corrected chi connectivity index (χ1v) is 8.59. The van der Waals surface area contributed by atoms with Crippen LogP contribution in [0.4, 0.5) is 0 Å². The zero-order valence-electron chi connectivity index (χ0n) is 14.6. The lowest BCUT2D eigenvalue weighted by atomic mass is 10.0. The quantitative estimate of drug-likeness (QED) is 0.362. The van der Waals surface area contributed by atoms with Crippen LogP contribution in [0.5, 0.6) is 5.75 Å². The molecular formula is C21H20O5. The molecular weight excluding hydrogens is 332 g/mol. The normalized spacial score (nSPS) is 10.7. The molecule has 5 nitrogen and oxygen atoms in total. The summed E-state index contributed by atoms with van der Waals surface area (Å²) in [5, 5.41) is 0.800. The number of benzene rings is 2. The van der Waals surface area contributed by atoms with E-state index in [0.29, 0.717) is 17.9 Å². The first-order chi connectivity index (χ1) is 12.7. The van der Waals surface area contributed by atoms with Gasteiger partial charge in [-0.05, 0) is 29.7 Å². The Morgan fingerprint density at radius 3 is 2.65 bits per heavy atom. The SMILES string of the molecule is CCCCOC(=O)COc1ccc2c(-c3ccccc3)cc(=O)oc2c1. The summed E-state index contributed by atoms with van der Waals surface area (Å²) in [6, 6.07) is 16.3. The van der Waals surface area contributed by atoms with E-state index in [4.69, 9.17) is 13.9 Å². The van der Waals surface area contributed by atoms with Crippen molar-refractivity contribution >= 4 is 16.9 Å². The molecule has 134 valence electrons. The fourth-order valence-corrected chi connectivity index (χ4v) is 2.60. The maximum Gasteiger partial charge on any atom is 0.344 e. The van der Waals surface area contributed by atoms with E-state index in [1.807, 2.05) is 43.3 Å². The maximum absolute atomic E-state index is 11.9. The molecule has 0 aliphatic heterocycles. The van der Waals surface area contributed by atoms with Crippen LogP contribution < -0.4 is 10.4 Å². The standard InChI is InChI=1S/C21H20O5/c1-2-3-11-24-21(23)14-25-16-9-10-17-18(15-7-5-4-6-8-15)13-20(22)26-19(17)12-16/h4-10,12-13H,2-3,11,14H2,1H3. The van der Waals surface area contributed by atoms with Gasteiger partial charge in [-0.15, -0.1) is 0 Å². The Balaban J connectivity index is 1.81. The highest BCUT2D eigenvalue weighted by Crippen LogP contribution is 2.29. The lowest BCUT2D eigenvalue weighted by molar-refractivity contribution is -0.146. The minimum atomic E-state index is -0.438. The number of carbonyl (C=O) groups is 1. The van der Waals surface area contributed by atoms with Crippen molar-refractivity contribution in [2.24, 2.45) is 0 Å². The summed E-state index contributed by atoms with van der Waals surface area (Å²) in [4.78, 5) is 23.5. The molecule has 5 heteroatoms. The van der Waals surface area contributed by atoms with Crippen molar-refractivity contribution in [2.75, 3.05) is 13.2 Å². The predicted molar refractivity (Wildman–Crippen MR) is 99.3 cm³/mol. The van der Waals surface area contributed by atoms with Crippen molar-refractivity contribution in [3.8, 4) is 16.9 Å². The largest absolute Gasteiger partial charge is 0.482 e. The third-order valence-corrected chi connectivity index (χ3v) is 3.92. The summed E-state index contributed by atoms with van der Waals surface area (Å²) < 4.78 is 15.8. The predicted octanol–water partition coefficient (Wildman–Crippen LogP) is 4.18. The maximum atomic E-state index is 11.9. The molecule has 0 fully saturated rings. The molecule has 0 atom stereocenters. The molecule has 1 aromatic heterocycles. The van der Waals surface area contributed by atoms with Gasteiger partial charge in [-0.25, -0.2) is 9.59 Å². The summed E-state index contributed by atoms with van der Waals surface area (Å²) in [6.45, 7) is 2.24. The Labute approximate surface area is 151 Å². The summed E-state index contributed by atoms with van der Waals surface area (Å²) in [7, 11) is 0. The topological polar surface area (TPSA) is 65.7 Å². The highest BCUT2D eigenvalue weighted by molar-refractivity contribution is 5.93. The molecule has 2 aromatic carbocycles. The number of carbonyl (C=O) groups excluding carboxylic acids is 1. The molecule has 0 radical (unpaired) electrons.